The monoisotopic (exact) mass is 213 g/mol. The number of aliphatic carboxylic acids is 1. The predicted molar refractivity (Wildman–Crippen MR) is 51.4 cm³/mol. The first-order valence-corrected chi connectivity index (χ1v) is 4.13. The van der Waals surface area contributed by atoms with Crippen LogP contribution in [0.4, 0.5) is 14.5 Å². The van der Waals surface area contributed by atoms with Gasteiger partial charge in [0.1, 0.15) is 17.3 Å². The summed E-state index contributed by atoms with van der Waals surface area (Å²) < 4.78 is 26.1. The zero-order chi connectivity index (χ0) is 11.4. The van der Waals surface area contributed by atoms with Gasteiger partial charge in [0, 0.05) is 11.8 Å². The summed E-state index contributed by atoms with van der Waals surface area (Å²) in [6.45, 7) is 1.40. The van der Waals surface area contributed by atoms with E-state index in [1.54, 1.807) is 0 Å². The van der Waals surface area contributed by atoms with Crippen molar-refractivity contribution in [2.75, 3.05) is 5.32 Å². The fourth-order valence-electron chi connectivity index (χ4n) is 1.04. The van der Waals surface area contributed by atoms with E-state index < -0.39 is 17.6 Å². The minimum atomic E-state index is -1.18. The first-order chi connectivity index (χ1) is 7.00. The summed E-state index contributed by atoms with van der Waals surface area (Å²) in [6, 6.07) is 3.39. The minimum absolute atomic E-state index is 0.145. The average molecular weight is 213 g/mol. The Hall–Kier alpha value is -1.91. The quantitative estimate of drug-likeness (QED) is 0.758. The van der Waals surface area contributed by atoms with Crippen LogP contribution in [0.3, 0.4) is 0 Å². The lowest BCUT2D eigenvalue weighted by molar-refractivity contribution is -0.131. The van der Waals surface area contributed by atoms with Crippen LogP contribution in [0.1, 0.15) is 6.92 Å². The molecule has 0 saturated carbocycles. The molecule has 0 aliphatic heterocycles. The Kier molecular flexibility index (Phi) is 3.38. The highest BCUT2D eigenvalue weighted by molar-refractivity contribution is 5.81. The second-order valence-electron chi connectivity index (χ2n) is 2.89. The standard InChI is InChI=1S/C10H9F2NO2/c1-6(5-9(14)15)13-10-7(11)3-2-4-8(10)12/h2-5,13H,1H3,(H,14,15). The van der Waals surface area contributed by atoms with E-state index in [4.69, 9.17) is 5.11 Å². The third-order valence-electron chi connectivity index (χ3n) is 1.62. The van der Waals surface area contributed by atoms with Gasteiger partial charge in [-0.1, -0.05) is 6.07 Å². The molecule has 0 aromatic heterocycles. The van der Waals surface area contributed by atoms with Crippen molar-refractivity contribution < 1.29 is 18.7 Å². The Labute approximate surface area is 85.0 Å². The zero-order valence-electron chi connectivity index (χ0n) is 7.92. The molecule has 0 unspecified atom stereocenters. The van der Waals surface area contributed by atoms with Crippen molar-refractivity contribution in [1.29, 1.82) is 0 Å². The van der Waals surface area contributed by atoms with Crippen LogP contribution in [0.25, 0.3) is 0 Å². The van der Waals surface area contributed by atoms with Crippen molar-refractivity contribution in [1.82, 2.24) is 0 Å². The van der Waals surface area contributed by atoms with Gasteiger partial charge in [-0.25, -0.2) is 13.6 Å². The van der Waals surface area contributed by atoms with Crippen LogP contribution in [0.2, 0.25) is 0 Å². The van der Waals surface area contributed by atoms with E-state index in [0.29, 0.717) is 0 Å². The number of allylic oxidation sites excluding steroid dienone is 1. The topological polar surface area (TPSA) is 49.3 Å². The number of rotatable bonds is 3. The largest absolute Gasteiger partial charge is 0.478 e. The molecule has 1 rings (SSSR count). The van der Waals surface area contributed by atoms with Crippen molar-refractivity contribution >= 4 is 11.7 Å². The summed E-state index contributed by atoms with van der Waals surface area (Å²) in [5.74, 6) is -2.72. The Morgan fingerprint density at radius 2 is 1.93 bits per heavy atom. The maximum absolute atomic E-state index is 13.1. The number of anilines is 1. The molecule has 15 heavy (non-hydrogen) atoms. The van der Waals surface area contributed by atoms with E-state index in [2.05, 4.69) is 5.32 Å². The molecule has 0 saturated heterocycles. The van der Waals surface area contributed by atoms with E-state index in [1.165, 1.54) is 13.0 Å². The van der Waals surface area contributed by atoms with Crippen molar-refractivity contribution in [3.05, 3.63) is 41.6 Å². The maximum atomic E-state index is 13.1. The summed E-state index contributed by atoms with van der Waals surface area (Å²) in [4.78, 5) is 10.3. The lowest BCUT2D eigenvalue weighted by atomic mass is 10.2. The van der Waals surface area contributed by atoms with E-state index in [9.17, 15) is 13.6 Å². The van der Waals surface area contributed by atoms with Gasteiger partial charge in [-0.3, -0.25) is 0 Å². The second-order valence-corrected chi connectivity index (χ2v) is 2.89. The van der Waals surface area contributed by atoms with Gasteiger partial charge in [-0.15, -0.1) is 0 Å². The lowest BCUT2D eigenvalue weighted by Crippen LogP contribution is -2.03. The van der Waals surface area contributed by atoms with Crippen LogP contribution in [0.5, 0.6) is 0 Å². The molecule has 0 fully saturated rings. The normalized spacial score (nSPS) is 11.3. The number of hydrogen-bond donors (Lipinski definition) is 2. The van der Waals surface area contributed by atoms with Gasteiger partial charge in [0.2, 0.25) is 0 Å². The molecule has 5 heteroatoms. The van der Waals surface area contributed by atoms with Gasteiger partial charge in [0.25, 0.3) is 0 Å². The van der Waals surface area contributed by atoms with Crippen LogP contribution in [0, 0.1) is 11.6 Å². The van der Waals surface area contributed by atoms with Crippen LogP contribution >= 0.6 is 0 Å². The molecule has 0 amide bonds. The first-order valence-electron chi connectivity index (χ1n) is 4.13. The van der Waals surface area contributed by atoms with Crippen molar-refractivity contribution in [2.45, 2.75) is 6.92 Å². The number of para-hydroxylation sites is 1. The van der Waals surface area contributed by atoms with E-state index >= 15 is 0 Å². The zero-order valence-corrected chi connectivity index (χ0v) is 7.92. The molecule has 0 aliphatic carbocycles. The Morgan fingerprint density at radius 3 is 2.40 bits per heavy atom. The summed E-state index contributed by atoms with van der Waals surface area (Å²) >= 11 is 0. The van der Waals surface area contributed by atoms with Gasteiger partial charge in [0.05, 0.1) is 0 Å². The highest BCUT2D eigenvalue weighted by Crippen LogP contribution is 2.19. The first kappa shape index (κ1) is 11.2. The average Bonchev–Trinajstić information content (AvgIpc) is 2.10. The van der Waals surface area contributed by atoms with E-state index in [0.717, 1.165) is 18.2 Å². The maximum Gasteiger partial charge on any atom is 0.330 e. The number of halogens is 2. The molecule has 1 aromatic rings. The van der Waals surface area contributed by atoms with Gasteiger partial charge in [0.15, 0.2) is 0 Å². The summed E-state index contributed by atoms with van der Waals surface area (Å²) in [5, 5.41) is 10.7. The van der Waals surface area contributed by atoms with Crippen LogP contribution in [0.15, 0.2) is 30.0 Å². The second kappa shape index (κ2) is 4.54. The molecule has 0 spiro atoms. The molecule has 1 aromatic carbocycles. The highest BCUT2D eigenvalue weighted by atomic mass is 19.1. The lowest BCUT2D eigenvalue weighted by Gasteiger charge is -2.07. The SMILES string of the molecule is CC(=CC(=O)O)Nc1c(F)cccc1F. The van der Waals surface area contributed by atoms with Crippen LogP contribution < -0.4 is 5.32 Å². The van der Waals surface area contributed by atoms with Crippen molar-refractivity contribution in [3.63, 3.8) is 0 Å². The molecule has 0 heterocycles. The van der Waals surface area contributed by atoms with Crippen LogP contribution in [-0.4, -0.2) is 11.1 Å². The molecule has 0 atom stereocenters. The van der Waals surface area contributed by atoms with Gasteiger partial charge >= 0.3 is 5.97 Å². The molecular weight excluding hydrogens is 204 g/mol. The summed E-state index contributed by atoms with van der Waals surface area (Å²) in [7, 11) is 0. The van der Waals surface area contributed by atoms with Gasteiger partial charge in [-0.2, -0.15) is 0 Å². The number of carbonyl (C=O) groups is 1. The highest BCUT2D eigenvalue weighted by Gasteiger charge is 2.08. The summed E-state index contributed by atoms with van der Waals surface area (Å²) in [6.07, 6.45) is 0.825. The number of carboxylic acid groups (broad SMARTS) is 1. The van der Waals surface area contributed by atoms with Gasteiger partial charge in [-0.05, 0) is 19.1 Å². The van der Waals surface area contributed by atoms with E-state index in [1.807, 2.05) is 0 Å². The van der Waals surface area contributed by atoms with Gasteiger partial charge < -0.3 is 10.4 Å². The molecule has 2 N–H and O–H groups in total. The molecule has 80 valence electrons. The number of benzene rings is 1. The molecule has 0 radical (unpaired) electrons. The molecule has 3 nitrogen and oxygen atoms in total. The molecule has 0 aliphatic rings. The summed E-state index contributed by atoms with van der Waals surface area (Å²) in [5.41, 5.74) is -0.209. The number of nitrogens with one attached hydrogen (secondary N) is 1. The fourth-order valence-corrected chi connectivity index (χ4v) is 1.04. The third kappa shape index (κ3) is 3.05. The van der Waals surface area contributed by atoms with Crippen molar-refractivity contribution in [2.24, 2.45) is 0 Å². The smallest absolute Gasteiger partial charge is 0.330 e. The molecule has 0 bridgehead atoms. The Morgan fingerprint density at radius 1 is 1.40 bits per heavy atom. The van der Waals surface area contributed by atoms with Crippen molar-refractivity contribution in [3.8, 4) is 0 Å². The Balaban J connectivity index is 2.94. The Bertz CT molecular complexity index is 396. The number of hydrogen-bond acceptors (Lipinski definition) is 2. The molecular formula is C10H9F2NO2. The van der Waals surface area contributed by atoms with Crippen LogP contribution in [-0.2, 0) is 4.79 Å². The minimum Gasteiger partial charge on any atom is -0.478 e. The predicted octanol–water partition coefficient (Wildman–Crippen LogP) is 2.37. The number of carboxylic acids is 1. The fraction of sp³-hybridized carbons (Fsp3) is 0.100. The third-order valence-corrected chi connectivity index (χ3v) is 1.62. The van der Waals surface area contributed by atoms with E-state index in [-0.39, 0.29) is 11.4 Å².